The lowest BCUT2D eigenvalue weighted by atomic mass is 9.97. The molecule has 0 aliphatic rings. The molecule has 0 saturated carbocycles. The summed E-state index contributed by atoms with van der Waals surface area (Å²) in [6.07, 6.45) is 0. The van der Waals surface area contributed by atoms with Crippen molar-refractivity contribution in [3.63, 3.8) is 0 Å². The lowest BCUT2D eigenvalue weighted by molar-refractivity contribution is 0.669. The van der Waals surface area contributed by atoms with E-state index in [4.69, 9.17) is 8.83 Å². The van der Waals surface area contributed by atoms with Gasteiger partial charge in [0.05, 0.1) is 16.8 Å². The monoisotopic (exact) mass is 677 g/mol. The summed E-state index contributed by atoms with van der Waals surface area (Å²) in [6, 6.07) is 66.8. The van der Waals surface area contributed by atoms with E-state index in [1.807, 2.05) is 12.1 Å². The molecule has 0 fully saturated rings. The van der Waals surface area contributed by atoms with Crippen LogP contribution >= 0.6 is 0 Å². The van der Waals surface area contributed by atoms with Gasteiger partial charge in [0.25, 0.3) is 0 Å². The summed E-state index contributed by atoms with van der Waals surface area (Å²) < 4.78 is 12.9. The van der Waals surface area contributed by atoms with Gasteiger partial charge in [-0.3, -0.25) is 0 Å². The molecular formula is C50H31NO2. The standard InChI is InChI=1S/C50H31NO2/c1-3-14-37-32(11-1)13-9-18-38(37)34-23-27-36(28-24-34)51(45-20-10-22-48-49(45)42-29-25-33-12-2-4-16-40(33)50(42)53-48)44-19-7-5-15-39(44)35-26-30-47-43(31-35)41-17-6-8-21-46(41)52-47/h1-31H. The highest BCUT2D eigenvalue weighted by atomic mass is 16.3. The minimum atomic E-state index is 0.856. The molecule has 0 saturated heterocycles. The SMILES string of the molecule is c1ccc(N(c2ccc(-c3cccc4ccccc34)cc2)c2cccc3oc4c5ccccc5ccc4c23)c(-c2ccc3oc4ccccc4c3c2)c1. The summed E-state index contributed by atoms with van der Waals surface area (Å²) >= 11 is 0. The van der Waals surface area contributed by atoms with E-state index in [0.29, 0.717) is 0 Å². The maximum Gasteiger partial charge on any atom is 0.143 e. The molecule has 0 aliphatic carbocycles. The van der Waals surface area contributed by atoms with Crippen molar-refractivity contribution < 1.29 is 8.83 Å². The van der Waals surface area contributed by atoms with Crippen molar-refractivity contribution in [3.05, 3.63) is 188 Å². The van der Waals surface area contributed by atoms with Crippen LogP contribution in [0.2, 0.25) is 0 Å². The molecule has 3 nitrogen and oxygen atoms in total. The number of benzene rings is 9. The summed E-state index contributed by atoms with van der Waals surface area (Å²) in [5.74, 6) is 0. The van der Waals surface area contributed by atoms with Crippen LogP contribution in [-0.2, 0) is 0 Å². The Kier molecular flexibility index (Phi) is 6.55. The average Bonchev–Trinajstić information content (AvgIpc) is 3.80. The summed E-state index contributed by atoms with van der Waals surface area (Å²) in [4.78, 5) is 2.40. The third-order valence-corrected chi connectivity index (χ3v) is 10.7. The van der Waals surface area contributed by atoms with Gasteiger partial charge in [0.1, 0.15) is 22.3 Å². The summed E-state index contributed by atoms with van der Waals surface area (Å²) in [5.41, 5.74) is 11.3. The van der Waals surface area contributed by atoms with E-state index in [9.17, 15) is 0 Å². The van der Waals surface area contributed by atoms with Gasteiger partial charge in [-0.05, 0) is 87.4 Å². The van der Waals surface area contributed by atoms with Crippen LogP contribution in [0.1, 0.15) is 0 Å². The van der Waals surface area contributed by atoms with Crippen molar-refractivity contribution in [2.45, 2.75) is 0 Å². The van der Waals surface area contributed by atoms with Crippen LogP contribution in [0.3, 0.4) is 0 Å². The van der Waals surface area contributed by atoms with Gasteiger partial charge in [-0.1, -0.05) is 133 Å². The number of hydrogen-bond donors (Lipinski definition) is 0. The second-order valence-corrected chi connectivity index (χ2v) is 13.7. The molecule has 53 heavy (non-hydrogen) atoms. The van der Waals surface area contributed by atoms with Crippen LogP contribution in [0.25, 0.3) is 87.7 Å². The molecule has 0 bridgehead atoms. The quantitative estimate of drug-likeness (QED) is 0.182. The van der Waals surface area contributed by atoms with Crippen molar-refractivity contribution in [1.29, 1.82) is 0 Å². The first-order chi connectivity index (χ1) is 26.3. The highest BCUT2D eigenvalue weighted by molar-refractivity contribution is 6.20. The van der Waals surface area contributed by atoms with Gasteiger partial charge in [0.2, 0.25) is 0 Å². The van der Waals surface area contributed by atoms with Gasteiger partial charge in [0.15, 0.2) is 0 Å². The molecule has 0 amide bonds. The molecule has 0 spiro atoms. The molecule has 0 N–H and O–H groups in total. The van der Waals surface area contributed by atoms with E-state index in [1.165, 1.54) is 21.9 Å². The van der Waals surface area contributed by atoms with Crippen LogP contribution in [-0.4, -0.2) is 0 Å². The third-order valence-electron chi connectivity index (χ3n) is 10.7. The van der Waals surface area contributed by atoms with E-state index in [-0.39, 0.29) is 0 Å². The van der Waals surface area contributed by atoms with Crippen LogP contribution in [0.15, 0.2) is 197 Å². The number of fused-ring (bicyclic) bond motifs is 9. The molecule has 0 radical (unpaired) electrons. The van der Waals surface area contributed by atoms with E-state index in [1.54, 1.807) is 0 Å². The Labute approximate surface area is 305 Å². The van der Waals surface area contributed by atoms with Crippen LogP contribution < -0.4 is 4.90 Å². The fourth-order valence-corrected chi connectivity index (χ4v) is 8.20. The average molecular weight is 678 g/mol. The van der Waals surface area contributed by atoms with Gasteiger partial charge >= 0.3 is 0 Å². The first-order valence-corrected chi connectivity index (χ1v) is 18.0. The van der Waals surface area contributed by atoms with Gasteiger partial charge in [-0.15, -0.1) is 0 Å². The normalized spacial score (nSPS) is 11.8. The maximum absolute atomic E-state index is 6.70. The fraction of sp³-hybridized carbons (Fsp3) is 0. The molecule has 0 atom stereocenters. The molecular weight excluding hydrogens is 647 g/mol. The number of para-hydroxylation sites is 2. The van der Waals surface area contributed by atoms with Crippen molar-refractivity contribution in [2.24, 2.45) is 0 Å². The number of rotatable bonds is 5. The van der Waals surface area contributed by atoms with Crippen LogP contribution in [0, 0.1) is 0 Å². The summed E-state index contributed by atoms with van der Waals surface area (Å²) in [7, 11) is 0. The van der Waals surface area contributed by atoms with E-state index >= 15 is 0 Å². The predicted octanol–water partition coefficient (Wildman–Crippen LogP) is 14.6. The highest BCUT2D eigenvalue weighted by Gasteiger charge is 2.23. The Morgan fingerprint density at radius 1 is 0.340 bits per heavy atom. The Hall–Kier alpha value is -7.10. The van der Waals surface area contributed by atoms with Gasteiger partial charge in [0, 0.05) is 32.8 Å². The first-order valence-electron chi connectivity index (χ1n) is 18.0. The molecule has 11 rings (SSSR count). The number of hydrogen-bond acceptors (Lipinski definition) is 3. The first kappa shape index (κ1) is 29.6. The van der Waals surface area contributed by atoms with Crippen LogP contribution in [0.4, 0.5) is 17.1 Å². The second-order valence-electron chi connectivity index (χ2n) is 13.7. The molecule has 0 unspecified atom stereocenters. The summed E-state index contributed by atoms with van der Waals surface area (Å²) in [5, 5.41) is 9.14. The lowest BCUT2D eigenvalue weighted by Gasteiger charge is -2.28. The summed E-state index contributed by atoms with van der Waals surface area (Å²) in [6.45, 7) is 0. The number of nitrogens with zero attached hydrogens (tertiary/aromatic N) is 1. The highest BCUT2D eigenvalue weighted by Crippen LogP contribution is 2.47. The third kappa shape index (κ3) is 4.68. The predicted molar refractivity (Wildman–Crippen MR) is 222 cm³/mol. The zero-order valence-corrected chi connectivity index (χ0v) is 28.7. The molecule has 11 aromatic rings. The minimum absolute atomic E-state index is 0.856. The fourth-order valence-electron chi connectivity index (χ4n) is 8.20. The van der Waals surface area contributed by atoms with Crippen molar-refractivity contribution >= 4 is 82.5 Å². The Bertz CT molecular complexity index is 3180. The van der Waals surface area contributed by atoms with Crippen molar-refractivity contribution in [3.8, 4) is 22.3 Å². The van der Waals surface area contributed by atoms with Crippen molar-refractivity contribution in [2.75, 3.05) is 4.90 Å². The lowest BCUT2D eigenvalue weighted by Crippen LogP contribution is -2.11. The van der Waals surface area contributed by atoms with Crippen molar-refractivity contribution in [1.82, 2.24) is 0 Å². The number of anilines is 3. The zero-order valence-electron chi connectivity index (χ0n) is 28.7. The number of furan rings is 2. The molecule has 2 aromatic heterocycles. The van der Waals surface area contributed by atoms with Gasteiger partial charge in [-0.25, -0.2) is 0 Å². The van der Waals surface area contributed by atoms with Gasteiger partial charge in [-0.2, -0.15) is 0 Å². The zero-order chi connectivity index (χ0) is 34.9. The maximum atomic E-state index is 6.70. The Balaban J connectivity index is 1.15. The Morgan fingerprint density at radius 2 is 0.962 bits per heavy atom. The topological polar surface area (TPSA) is 29.5 Å². The smallest absolute Gasteiger partial charge is 0.143 e. The molecule has 2 heterocycles. The molecule has 248 valence electrons. The van der Waals surface area contributed by atoms with Crippen LogP contribution in [0.5, 0.6) is 0 Å². The Morgan fingerprint density at radius 3 is 1.85 bits per heavy atom. The van der Waals surface area contributed by atoms with E-state index in [2.05, 4.69) is 181 Å². The van der Waals surface area contributed by atoms with E-state index in [0.717, 1.165) is 82.8 Å². The van der Waals surface area contributed by atoms with E-state index < -0.39 is 0 Å². The molecule has 9 aromatic carbocycles. The van der Waals surface area contributed by atoms with Gasteiger partial charge < -0.3 is 13.7 Å². The molecule has 3 heteroatoms. The minimum Gasteiger partial charge on any atom is -0.456 e. The second kappa shape index (κ2) is 11.7. The largest absolute Gasteiger partial charge is 0.456 e. The molecule has 0 aliphatic heterocycles.